The molecule has 0 spiro atoms. The predicted octanol–water partition coefficient (Wildman–Crippen LogP) is 4.65. The van der Waals surface area contributed by atoms with Gasteiger partial charge in [0.2, 0.25) is 0 Å². The second-order valence-electron chi connectivity index (χ2n) is 5.27. The van der Waals surface area contributed by atoms with Crippen molar-refractivity contribution in [3.05, 3.63) is 69.2 Å². The van der Waals surface area contributed by atoms with E-state index in [0.717, 1.165) is 27.7 Å². The molecule has 1 unspecified atom stereocenters. The van der Waals surface area contributed by atoms with Gasteiger partial charge < -0.3 is 5.73 Å². The molecule has 112 valence electrons. The van der Waals surface area contributed by atoms with Gasteiger partial charge in [0, 0.05) is 29.2 Å². The van der Waals surface area contributed by atoms with Crippen LogP contribution in [0.1, 0.15) is 29.7 Å². The van der Waals surface area contributed by atoms with Gasteiger partial charge in [0.25, 0.3) is 0 Å². The first-order chi connectivity index (χ1) is 10.0. The third-order valence-electron chi connectivity index (χ3n) is 3.79. The maximum absolute atomic E-state index is 6.32. The van der Waals surface area contributed by atoms with Crippen LogP contribution in [0, 0.1) is 0 Å². The van der Waals surface area contributed by atoms with E-state index >= 15 is 0 Å². The Kier molecular flexibility index (Phi) is 5.65. The number of hydrogen-bond donors (Lipinski definition) is 1. The van der Waals surface area contributed by atoms with Gasteiger partial charge in [-0.15, -0.1) is 0 Å². The highest BCUT2D eigenvalue weighted by molar-refractivity contribution is 6.31. The van der Waals surface area contributed by atoms with Gasteiger partial charge in [-0.25, -0.2) is 0 Å². The Hall–Kier alpha value is -1.06. The Morgan fingerprint density at radius 2 is 1.76 bits per heavy atom. The molecule has 0 saturated carbocycles. The normalized spacial score (nSPS) is 12.7. The van der Waals surface area contributed by atoms with Crippen LogP contribution in [-0.2, 0) is 13.1 Å². The standard InChI is InChI=1S/C17H20Cl2N2/c1-12(14-5-7-16(18)8-6-14)21(2)11-15-4-3-13(10-20)9-17(15)19/h3-9,12H,10-11,20H2,1-2H3. The summed E-state index contributed by atoms with van der Waals surface area (Å²) in [5, 5.41) is 1.53. The molecular weight excluding hydrogens is 303 g/mol. The van der Waals surface area contributed by atoms with Crippen molar-refractivity contribution in [2.75, 3.05) is 7.05 Å². The first-order valence-electron chi connectivity index (χ1n) is 6.94. The van der Waals surface area contributed by atoms with Gasteiger partial charge in [-0.05, 0) is 48.9 Å². The summed E-state index contributed by atoms with van der Waals surface area (Å²) in [7, 11) is 2.09. The van der Waals surface area contributed by atoms with Crippen LogP contribution in [0.4, 0.5) is 0 Å². The lowest BCUT2D eigenvalue weighted by atomic mass is 10.1. The van der Waals surface area contributed by atoms with Crippen molar-refractivity contribution in [1.82, 2.24) is 4.90 Å². The molecule has 0 saturated heterocycles. The quantitative estimate of drug-likeness (QED) is 0.868. The summed E-state index contributed by atoms with van der Waals surface area (Å²) in [5.74, 6) is 0. The number of nitrogens with two attached hydrogens (primary N) is 1. The number of rotatable bonds is 5. The lowest BCUT2D eigenvalue weighted by Crippen LogP contribution is -2.22. The van der Waals surface area contributed by atoms with Crippen LogP contribution in [-0.4, -0.2) is 11.9 Å². The van der Waals surface area contributed by atoms with Gasteiger partial charge in [0.15, 0.2) is 0 Å². The maximum Gasteiger partial charge on any atom is 0.0454 e. The summed E-state index contributed by atoms with van der Waals surface area (Å²) in [5.41, 5.74) is 9.02. The average molecular weight is 323 g/mol. The Bertz CT molecular complexity index is 596. The van der Waals surface area contributed by atoms with E-state index in [2.05, 4.69) is 37.1 Å². The summed E-state index contributed by atoms with van der Waals surface area (Å²) >= 11 is 12.3. The number of hydrogen-bond acceptors (Lipinski definition) is 2. The SMILES string of the molecule is CC(c1ccc(Cl)cc1)N(C)Cc1ccc(CN)cc1Cl. The van der Waals surface area contributed by atoms with E-state index in [0.29, 0.717) is 6.54 Å². The molecule has 2 aromatic carbocycles. The van der Waals surface area contributed by atoms with E-state index in [4.69, 9.17) is 28.9 Å². The van der Waals surface area contributed by atoms with Crippen LogP contribution in [0.25, 0.3) is 0 Å². The van der Waals surface area contributed by atoms with Crippen molar-refractivity contribution in [2.24, 2.45) is 5.73 Å². The Labute approximate surface area is 136 Å². The predicted molar refractivity (Wildman–Crippen MR) is 90.7 cm³/mol. The molecule has 2 aromatic rings. The zero-order chi connectivity index (χ0) is 15.4. The highest BCUT2D eigenvalue weighted by Crippen LogP contribution is 2.25. The van der Waals surface area contributed by atoms with E-state index in [1.807, 2.05) is 24.3 Å². The van der Waals surface area contributed by atoms with E-state index in [1.54, 1.807) is 0 Å². The fraction of sp³-hybridized carbons (Fsp3) is 0.294. The Morgan fingerprint density at radius 3 is 2.33 bits per heavy atom. The topological polar surface area (TPSA) is 29.3 Å². The van der Waals surface area contributed by atoms with Crippen LogP contribution in [0.3, 0.4) is 0 Å². The number of benzene rings is 2. The highest BCUT2D eigenvalue weighted by Gasteiger charge is 2.13. The summed E-state index contributed by atoms with van der Waals surface area (Å²) in [4.78, 5) is 2.26. The Morgan fingerprint density at radius 1 is 1.10 bits per heavy atom. The fourth-order valence-corrected chi connectivity index (χ4v) is 2.64. The lowest BCUT2D eigenvalue weighted by molar-refractivity contribution is 0.253. The zero-order valence-electron chi connectivity index (χ0n) is 12.3. The van der Waals surface area contributed by atoms with Crippen LogP contribution in [0.2, 0.25) is 10.0 Å². The van der Waals surface area contributed by atoms with Gasteiger partial charge >= 0.3 is 0 Å². The number of halogens is 2. The largest absolute Gasteiger partial charge is 0.326 e. The molecule has 0 aliphatic heterocycles. The van der Waals surface area contributed by atoms with Gasteiger partial charge in [-0.1, -0.05) is 47.5 Å². The molecule has 0 aliphatic carbocycles. The third kappa shape index (κ3) is 4.21. The molecule has 4 heteroatoms. The maximum atomic E-state index is 6.32. The van der Waals surface area contributed by atoms with Crippen molar-refractivity contribution >= 4 is 23.2 Å². The minimum atomic E-state index is 0.285. The van der Waals surface area contributed by atoms with Gasteiger partial charge in [0.05, 0.1) is 0 Å². The van der Waals surface area contributed by atoms with E-state index < -0.39 is 0 Å². The van der Waals surface area contributed by atoms with Crippen LogP contribution >= 0.6 is 23.2 Å². The van der Waals surface area contributed by atoms with Crippen molar-refractivity contribution in [2.45, 2.75) is 26.1 Å². The monoisotopic (exact) mass is 322 g/mol. The van der Waals surface area contributed by atoms with Crippen molar-refractivity contribution in [3.8, 4) is 0 Å². The van der Waals surface area contributed by atoms with E-state index in [9.17, 15) is 0 Å². The molecule has 21 heavy (non-hydrogen) atoms. The van der Waals surface area contributed by atoms with Gasteiger partial charge in [0.1, 0.15) is 0 Å². The molecule has 0 aromatic heterocycles. The minimum absolute atomic E-state index is 0.285. The summed E-state index contributed by atoms with van der Waals surface area (Å²) in [6.45, 7) is 3.47. The molecule has 0 fully saturated rings. The van der Waals surface area contributed by atoms with E-state index in [1.165, 1.54) is 5.56 Å². The van der Waals surface area contributed by atoms with Crippen molar-refractivity contribution in [3.63, 3.8) is 0 Å². The zero-order valence-corrected chi connectivity index (χ0v) is 13.8. The molecule has 1 atom stereocenters. The van der Waals surface area contributed by atoms with Crippen molar-refractivity contribution in [1.29, 1.82) is 0 Å². The second-order valence-corrected chi connectivity index (χ2v) is 6.12. The van der Waals surface area contributed by atoms with Crippen LogP contribution in [0.5, 0.6) is 0 Å². The molecule has 0 bridgehead atoms. The lowest BCUT2D eigenvalue weighted by Gasteiger charge is -2.25. The molecule has 0 heterocycles. The minimum Gasteiger partial charge on any atom is -0.326 e. The molecule has 0 radical (unpaired) electrons. The fourth-order valence-electron chi connectivity index (χ4n) is 2.25. The molecule has 2 N–H and O–H groups in total. The molecule has 2 rings (SSSR count). The van der Waals surface area contributed by atoms with Gasteiger partial charge in [-0.2, -0.15) is 0 Å². The Balaban J connectivity index is 2.10. The number of nitrogens with zero attached hydrogens (tertiary/aromatic N) is 1. The smallest absolute Gasteiger partial charge is 0.0454 e. The summed E-state index contributed by atoms with van der Waals surface area (Å²) in [6.07, 6.45) is 0. The van der Waals surface area contributed by atoms with Gasteiger partial charge in [-0.3, -0.25) is 4.90 Å². The summed E-state index contributed by atoms with van der Waals surface area (Å²) in [6, 6.07) is 14.3. The second kappa shape index (κ2) is 7.28. The first kappa shape index (κ1) is 16.3. The van der Waals surface area contributed by atoms with Crippen LogP contribution in [0.15, 0.2) is 42.5 Å². The first-order valence-corrected chi connectivity index (χ1v) is 7.70. The summed E-state index contributed by atoms with van der Waals surface area (Å²) < 4.78 is 0. The molecule has 0 amide bonds. The average Bonchev–Trinajstić information content (AvgIpc) is 2.49. The molecular formula is C17H20Cl2N2. The molecule has 0 aliphatic rings. The van der Waals surface area contributed by atoms with E-state index in [-0.39, 0.29) is 6.04 Å². The highest BCUT2D eigenvalue weighted by atomic mass is 35.5. The third-order valence-corrected chi connectivity index (χ3v) is 4.39. The van der Waals surface area contributed by atoms with Crippen LogP contribution < -0.4 is 5.73 Å². The molecule has 2 nitrogen and oxygen atoms in total. The van der Waals surface area contributed by atoms with Crippen molar-refractivity contribution < 1.29 is 0 Å².